The van der Waals surface area contributed by atoms with Crippen molar-refractivity contribution in [1.82, 2.24) is 5.32 Å². The van der Waals surface area contributed by atoms with E-state index in [0.29, 0.717) is 10.9 Å². The third kappa shape index (κ3) is 8.71. The molecular formula is C33H31Cl3NO10P. The van der Waals surface area contributed by atoms with Gasteiger partial charge in [0, 0.05) is 29.9 Å². The number of phosphoric acid groups is 1. The van der Waals surface area contributed by atoms with Gasteiger partial charge in [-0.05, 0) is 53.8 Å². The molecular weight excluding hydrogens is 708 g/mol. The highest BCUT2D eigenvalue weighted by Crippen LogP contribution is 2.49. The van der Waals surface area contributed by atoms with E-state index in [9.17, 15) is 18.9 Å². The first kappa shape index (κ1) is 35.7. The second kappa shape index (κ2) is 15.3. The molecule has 0 saturated carbocycles. The Labute approximate surface area is 290 Å². The normalized spacial score (nSPS) is 13.4. The lowest BCUT2D eigenvalue weighted by Gasteiger charge is -2.21. The predicted octanol–water partition coefficient (Wildman–Crippen LogP) is 7.72. The van der Waals surface area contributed by atoms with E-state index < -0.39 is 42.0 Å². The summed E-state index contributed by atoms with van der Waals surface area (Å²) in [4.78, 5) is 39.0. The molecule has 0 saturated heterocycles. The van der Waals surface area contributed by atoms with Crippen LogP contribution in [0.5, 0.6) is 5.75 Å². The van der Waals surface area contributed by atoms with Gasteiger partial charge < -0.3 is 23.7 Å². The summed E-state index contributed by atoms with van der Waals surface area (Å²) in [5.41, 5.74) is 3.71. The van der Waals surface area contributed by atoms with Crippen molar-refractivity contribution in [3.05, 3.63) is 99.9 Å². The molecule has 1 amide bonds. The zero-order valence-corrected chi connectivity index (χ0v) is 28.9. The Bertz CT molecular complexity index is 1860. The number of hydrogen-bond acceptors (Lipinski definition) is 10. The zero-order chi connectivity index (χ0) is 34.5. The van der Waals surface area contributed by atoms with Crippen LogP contribution >= 0.6 is 42.6 Å². The number of carbonyl (C=O) groups excluding carboxylic acids is 2. The van der Waals surface area contributed by atoms with E-state index >= 15 is 0 Å². The first-order valence-corrected chi connectivity index (χ1v) is 17.5. The molecule has 4 aromatic rings. The summed E-state index contributed by atoms with van der Waals surface area (Å²) >= 11 is 17.4. The van der Waals surface area contributed by atoms with Crippen molar-refractivity contribution < 1.29 is 41.6 Å². The Kier molecular flexibility index (Phi) is 11.4. The maximum atomic E-state index is 13.2. The minimum Gasteiger partial charge on any atom is -0.460 e. The van der Waals surface area contributed by atoms with E-state index in [1.54, 1.807) is 13.8 Å². The monoisotopic (exact) mass is 737 g/mol. The number of phosphoric ester groups is 1. The summed E-state index contributed by atoms with van der Waals surface area (Å²) in [6.07, 6.45) is -1.14. The van der Waals surface area contributed by atoms with Crippen LogP contribution in [-0.4, -0.2) is 48.3 Å². The van der Waals surface area contributed by atoms with Crippen LogP contribution < -0.4 is 15.5 Å². The highest BCUT2D eigenvalue weighted by molar-refractivity contribution is 7.48. The summed E-state index contributed by atoms with van der Waals surface area (Å²) in [6, 6.07) is 19.8. The second-order valence-corrected chi connectivity index (χ2v) is 14.7. The van der Waals surface area contributed by atoms with E-state index in [1.165, 1.54) is 24.3 Å². The number of halogens is 3. The lowest BCUT2D eigenvalue weighted by molar-refractivity contribution is -0.145. The Morgan fingerprint density at radius 3 is 2.15 bits per heavy atom. The van der Waals surface area contributed by atoms with Crippen LogP contribution in [0.4, 0.5) is 4.79 Å². The largest absolute Gasteiger partial charge is 0.530 e. The number of amides is 1. The minimum atomic E-state index is -3.94. The lowest BCUT2D eigenvalue weighted by Crippen LogP contribution is -2.44. The van der Waals surface area contributed by atoms with Gasteiger partial charge in [0.2, 0.25) is 3.79 Å². The number of ether oxygens (including phenoxy) is 2. The van der Waals surface area contributed by atoms with E-state index in [1.807, 2.05) is 48.5 Å². The number of nitrogens with one attached hydrogen (secondary N) is 1. The third-order valence-corrected chi connectivity index (χ3v) is 9.23. The van der Waals surface area contributed by atoms with Crippen LogP contribution in [0.3, 0.4) is 0 Å². The number of hydrogen-bond donors (Lipinski definition) is 1. The van der Waals surface area contributed by atoms with Crippen LogP contribution in [0.15, 0.2) is 82.0 Å². The minimum absolute atomic E-state index is 0.0102. The highest BCUT2D eigenvalue weighted by Gasteiger charge is 2.32. The van der Waals surface area contributed by atoms with Gasteiger partial charge >= 0.3 is 25.5 Å². The van der Waals surface area contributed by atoms with Gasteiger partial charge in [-0.15, -0.1) is 0 Å². The van der Waals surface area contributed by atoms with Crippen molar-refractivity contribution in [2.75, 3.05) is 26.4 Å². The SMILES string of the molecule is CCOP(=O)(OCC)Oc1ccc2c(CC(NC(=O)OCC3c4ccccc4-c4ccccc43)C(=O)OCC(Cl)(Cl)Cl)cc(=O)oc2c1. The number of alkyl halides is 3. The van der Waals surface area contributed by atoms with Crippen LogP contribution in [0.25, 0.3) is 22.1 Å². The zero-order valence-electron chi connectivity index (χ0n) is 25.8. The van der Waals surface area contributed by atoms with Crippen molar-refractivity contribution in [3.63, 3.8) is 0 Å². The molecule has 1 unspecified atom stereocenters. The molecule has 0 spiro atoms. The van der Waals surface area contributed by atoms with Gasteiger partial charge in [-0.25, -0.2) is 18.9 Å². The molecule has 1 aromatic heterocycles. The number of benzene rings is 3. The van der Waals surface area contributed by atoms with Crippen LogP contribution in [0, 0.1) is 0 Å². The molecule has 11 nitrogen and oxygen atoms in total. The Morgan fingerprint density at radius 2 is 1.54 bits per heavy atom. The molecule has 3 aromatic carbocycles. The maximum absolute atomic E-state index is 13.2. The molecule has 254 valence electrons. The predicted molar refractivity (Wildman–Crippen MR) is 181 cm³/mol. The molecule has 0 radical (unpaired) electrons. The van der Waals surface area contributed by atoms with Gasteiger partial charge in [-0.2, -0.15) is 0 Å². The fourth-order valence-electron chi connectivity index (χ4n) is 5.42. The average Bonchev–Trinajstić information content (AvgIpc) is 3.35. The van der Waals surface area contributed by atoms with Crippen molar-refractivity contribution in [2.24, 2.45) is 0 Å². The second-order valence-electron chi connectivity index (χ2n) is 10.6. The lowest BCUT2D eigenvalue weighted by atomic mass is 9.98. The molecule has 48 heavy (non-hydrogen) atoms. The fourth-order valence-corrected chi connectivity index (χ4v) is 6.77. The van der Waals surface area contributed by atoms with E-state index in [0.717, 1.165) is 22.3 Å². The molecule has 15 heteroatoms. The summed E-state index contributed by atoms with van der Waals surface area (Å²) in [6.45, 7) is 2.78. The summed E-state index contributed by atoms with van der Waals surface area (Å²) in [5, 5.41) is 2.92. The topological polar surface area (TPSA) is 140 Å². The van der Waals surface area contributed by atoms with E-state index in [2.05, 4.69) is 5.32 Å². The molecule has 1 atom stereocenters. The van der Waals surface area contributed by atoms with Crippen LogP contribution in [-0.2, 0) is 34.3 Å². The molecule has 0 fully saturated rings. The van der Waals surface area contributed by atoms with Crippen molar-refractivity contribution in [1.29, 1.82) is 0 Å². The standard InChI is InChI=1S/C33H31Cl3NO10P/c1-3-44-48(41,45-4-2)47-21-13-14-22-20(16-30(38)46-29(22)17-21)15-28(31(39)43-19-33(34,35)36)37-32(40)42-18-27-25-11-7-5-9-23(25)24-10-6-8-12-26(24)27/h5-14,16-17,27-28H,3-4,15,18-19H2,1-2H3,(H,37,40). The van der Waals surface area contributed by atoms with Gasteiger partial charge in [-0.1, -0.05) is 83.3 Å². The first-order valence-electron chi connectivity index (χ1n) is 14.9. The Balaban J connectivity index is 1.37. The summed E-state index contributed by atoms with van der Waals surface area (Å²) in [7, 11) is -3.94. The van der Waals surface area contributed by atoms with Gasteiger partial charge in [0.25, 0.3) is 0 Å². The fraction of sp³-hybridized carbons (Fsp3) is 0.303. The highest BCUT2D eigenvalue weighted by atomic mass is 35.6. The van der Waals surface area contributed by atoms with Crippen molar-refractivity contribution in [3.8, 4) is 16.9 Å². The number of carbonyl (C=O) groups is 2. The van der Waals surface area contributed by atoms with Gasteiger partial charge in [0.05, 0.1) is 13.2 Å². The number of esters is 1. The first-order chi connectivity index (χ1) is 22.9. The molecule has 0 bridgehead atoms. The van der Waals surface area contributed by atoms with Crippen LogP contribution in [0.2, 0.25) is 0 Å². The van der Waals surface area contributed by atoms with E-state index in [-0.39, 0.29) is 43.5 Å². The molecule has 1 aliphatic rings. The third-order valence-electron chi connectivity index (χ3n) is 7.32. The van der Waals surface area contributed by atoms with Crippen molar-refractivity contribution >= 4 is 65.7 Å². The Hall–Kier alpha value is -3.57. The number of alkyl carbamates (subject to hydrolysis) is 1. The van der Waals surface area contributed by atoms with Crippen molar-refractivity contribution in [2.45, 2.75) is 36.0 Å². The van der Waals surface area contributed by atoms with Gasteiger partial charge in [-0.3, -0.25) is 9.05 Å². The molecule has 1 N–H and O–H groups in total. The Morgan fingerprint density at radius 1 is 0.917 bits per heavy atom. The average molecular weight is 739 g/mol. The molecule has 1 heterocycles. The smallest absolute Gasteiger partial charge is 0.460 e. The van der Waals surface area contributed by atoms with Gasteiger partial charge in [0.1, 0.15) is 30.6 Å². The molecule has 1 aliphatic carbocycles. The molecule has 5 rings (SSSR count). The van der Waals surface area contributed by atoms with Crippen LogP contribution in [0.1, 0.15) is 36.5 Å². The quantitative estimate of drug-likeness (QED) is 0.0628. The van der Waals surface area contributed by atoms with Gasteiger partial charge in [0.15, 0.2) is 0 Å². The summed E-state index contributed by atoms with van der Waals surface area (Å²) in [5.74, 6) is -1.12. The summed E-state index contributed by atoms with van der Waals surface area (Å²) < 4.78 is 43.0. The number of fused-ring (bicyclic) bond motifs is 4. The number of rotatable bonds is 13. The van der Waals surface area contributed by atoms with E-state index in [4.69, 9.17) is 62.3 Å². The maximum Gasteiger partial charge on any atom is 0.530 e. The molecule has 0 aliphatic heterocycles.